The minimum absolute atomic E-state index is 0.0598. The Morgan fingerprint density at radius 2 is 0.889 bits per heavy atom. The highest BCUT2D eigenvalue weighted by Crippen LogP contribution is 2.15. The minimum Gasteiger partial charge on any atom is -0.458 e. The van der Waals surface area contributed by atoms with E-state index in [0.717, 1.165) is 89.9 Å². The summed E-state index contributed by atoms with van der Waals surface area (Å²) in [5.41, 5.74) is 0. The van der Waals surface area contributed by atoms with Crippen LogP contribution in [0.15, 0.2) is 97.2 Å². The minimum atomic E-state index is -0.828. The maximum Gasteiger partial charge on any atom is 0.306 e. The van der Waals surface area contributed by atoms with E-state index in [0.29, 0.717) is 19.3 Å². The van der Waals surface area contributed by atoms with Crippen molar-refractivity contribution in [2.75, 3.05) is 6.61 Å². The average molecular weight is 876 g/mol. The second-order valence-electron chi connectivity index (χ2n) is 17.2. The van der Waals surface area contributed by atoms with E-state index in [4.69, 9.17) is 4.74 Å². The molecule has 3 unspecified atom stereocenters. The van der Waals surface area contributed by atoms with E-state index in [1.807, 2.05) is 6.08 Å². The molecule has 63 heavy (non-hydrogen) atoms. The third-order valence-electron chi connectivity index (χ3n) is 11.1. The molecule has 3 atom stereocenters. The maximum atomic E-state index is 13.2. The Morgan fingerprint density at radius 1 is 0.492 bits per heavy atom. The number of aliphatic hydroxyl groups is 2. The Labute approximate surface area is 388 Å². The first kappa shape index (κ1) is 59.8. The Kier molecular flexibility index (Phi) is 47.2. The van der Waals surface area contributed by atoms with E-state index in [-0.39, 0.29) is 24.9 Å². The molecule has 0 spiro atoms. The predicted octanol–water partition coefficient (Wildman–Crippen LogP) is 15.7. The first-order chi connectivity index (χ1) is 31.0. The molecule has 1 amide bonds. The molecule has 0 bridgehead atoms. The number of carbonyl (C=O) groups is 2. The predicted molar refractivity (Wildman–Crippen MR) is 273 cm³/mol. The van der Waals surface area contributed by atoms with Crippen LogP contribution in [0.3, 0.4) is 0 Å². The molecule has 360 valence electrons. The SMILES string of the molecule is CC/C=C/C/C=C/C/C=C/C/C=C/C/C=C/C(CC(=O)NC(CO)C(O)CCCCCCCCCCCCCCC)OC(=O)CCCCCC/C=C\C/C=C\C/C=C\CCCCC. The van der Waals surface area contributed by atoms with E-state index < -0.39 is 18.2 Å². The van der Waals surface area contributed by atoms with Gasteiger partial charge >= 0.3 is 5.97 Å². The maximum absolute atomic E-state index is 13.2. The smallest absolute Gasteiger partial charge is 0.306 e. The highest BCUT2D eigenvalue weighted by Gasteiger charge is 2.23. The van der Waals surface area contributed by atoms with Crippen molar-refractivity contribution in [1.82, 2.24) is 5.32 Å². The third kappa shape index (κ3) is 45.2. The second-order valence-corrected chi connectivity index (χ2v) is 17.2. The molecule has 6 nitrogen and oxygen atoms in total. The van der Waals surface area contributed by atoms with E-state index >= 15 is 0 Å². The van der Waals surface area contributed by atoms with Crippen LogP contribution in [0.25, 0.3) is 0 Å². The van der Waals surface area contributed by atoms with Crippen molar-refractivity contribution in [2.45, 2.75) is 244 Å². The molecular weight excluding hydrogens is 779 g/mol. The van der Waals surface area contributed by atoms with E-state index in [1.54, 1.807) is 6.08 Å². The lowest BCUT2D eigenvalue weighted by Crippen LogP contribution is -2.46. The molecule has 0 fully saturated rings. The molecule has 6 heteroatoms. The monoisotopic (exact) mass is 876 g/mol. The van der Waals surface area contributed by atoms with Gasteiger partial charge in [0, 0.05) is 6.42 Å². The van der Waals surface area contributed by atoms with Gasteiger partial charge < -0.3 is 20.3 Å². The second kappa shape index (κ2) is 49.8. The summed E-state index contributed by atoms with van der Waals surface area (Å²) in [7, 11) is 0. The van der Waals surface area contributed by atoms with Crippen LogP contribution >= 0.6 is 0 Å². The van der Waals surface area contributed by atoms with Gasteiger partial charge in [0.2, 0.25) is 5.91 Å². The molecule has 0 aliphatic heterocycles. The van der Waals surface area contributed by atoms with Crippen LogP contribution in [0.5, 0.6) is 0 Å². The van der Waals surface area contributed by atoms with Crippen molar-refractivity contribution < 1.29 is 24.5 Å². The quantitative estimate of drug-likeness (QED) is 0.0322. The molecular formula is C57H97NO5. The summed E-state index contributed by atoms with van der Waals surface area (Å²) in [6.07, 6.45) is 66.4. The number of ether oxygens (including phenoxy) is 1. The number of carbonyl (C=O) groups excluding carboxylic acids is 2. The molecule has 0 aromatic carbocycles. The average Bonchev–Trinajstić information content (AvgIpc) is 3.28. The van der Waals surface area contributed by atoms with Crippen LogP contribution < -0.4 is 5.32 Å². The van der Waals surface area contributed by atoms with Crippen LogP contribution in [0.1, 0.15) is 226 Å². The highest BCUT2D eigenvalue weighted by molar-refractivity contribution is 5.78. The van der Waals surface area contributed by atoms with Crippen LogP contribution in [-0.4, -0.2) is 46.9 Å². The van der Waals surface area contributed by atoms with Crippen molar-refractivity contribution >= 4 is 11.9 Å². The van der Waals surface area contributed by atoms with Crippen LogP contribution in [-0.2, 0) is 14.3 Å². The Bertz CT molecular complexity index is 1260. The number of aliphatic hydroxyl groups excluding tert-OH is 2. The van der Waals surface area contributed by atoms with Crippen molar-refractivity contribution in [3.05, 3.63) is 97.2 Å². The lowest BCUT2D eigenvalue weighted by molar-refractivity contribution is -0.148. The van der Waals surface area contributed by atoms with Gasteiger partial charge in [0.25, 0.3) is 0 Å². The summed E-state index contributed by atoms with van der Waals surface area (Å²) in [5, 5.41) is 23.7. The summed E-state index contributed by atoms with van der Waals surface area (Å²) in [6, 6.07) is -0.752. The number of allylic oxidation sites excluding steroid dienone is 15. The largest absolute Gasteiger partial charge is 0.458 e. The number of nitrogens with one attached hydrogen (secondary N) is 1. The Balaban J connectivity index is 4.77. The number of unbranched alkanes of at least 4 members (excludes halogenated alkanes) is 19. The lowest BCUT2D eigenvalue weighted by Gasteiger charge is -2.23. The first-order valence-electron chi connectivity index (χ1n) is 26.0. The number of esters is 1. The molecule has 0 radical (unpaired) electrons. The van der Waals surface area contributed by atoms with Gasteiger partial charge in [-0.25, -0.2) is 0 Å². The van der Waals surface area contributed by atoms with Gasteiger partial charge in [-0.1, -0.05) is 221 Å². The molecule has 0 saturated carbocycles. The molecule has 0 saturated heterocycles. The van der Waals surface area contributed by atoms with Gasteiger partial charge in [-0.3, -0.25) is 9.59 Å². The number of hydrogen-bond donors (Lipinski definition) is 3. The molecule has 0 aromatic rings. The molecule has 0 aliphatic carbocycles. The van der Waals surface area contributed by atoms with Crippen LogP contribution in [0, 0.1) is 0 Å². The summed E-state index contributed by atoms with van der Waals surface area (Å²) in [5.74, 6) is -0.660. The summed E-state index contributed by atoms with van der Waals surface area (Å²) < 4.78 is 5.81. The first-order valence-corrected chi connectivity index (χ1v) is 26.0. The summed E-state index contributed by atoms with van der Waals surface area (Å²) in [6.45, 7) is 6.29. The summed E-state index contributed by atoms with van der Waals surface area (Å²) >= 11 is 0. The van der Waals surface area contributed by atoms with Crippen LogP contribution in [0.4, 0.5) is 0 Å². The van der Waals surface area contributed by atoms with Crippen LogP contribution in [0.2, 0.25) is 0 Å². The van der Waals surface area contributed by atoms with E-state index in [1.165, 1.54) is 89.9 Å². The normalized spacial score (nSPS) is 14.0. The molecule has 0 aromatic heterocycles. The van der Waals surface area contributed by atoms with Gasteiger partial charge in [0.1, 0.15) is 6.10 Å². The number of rotatable bonds is 45. The fourth-order valence-corrected chi connectivity index (χ4v) is 7.22. The van der Waals surface area contributed by atoms with E-state index in [2.05, 4.69) is 111 Å². The molecule has 0 rings (SSSR count). The fraction of sp³-hybridized carbons (Fsp3) is 0.684. The van der Waals surface area contributed by atoms with Gasteiger partial charge in [0.15, 0.2) is 0 Å². The Morgan fingerprint density at radius 3 is 1.38 bits per heavy atom. The summed E-state index contributed by atoms with van der Waals surface area (Å²) in [4.78, 5) is 26.1. The van der Waals surface area contributed by atoms with Crippen molar-refractivity contribution in [3.8, 4) is 0 Å². The van der Waals surface area contributed by atoms with Gasteiger partial charge in [-0.15, -0.1) is 0 Å². The Hall–Kier alpha value is -3.22. The van der Waals surface area contributed by atoms with Crippen molar-refractivity contribution in [3.63, 3.8) is 0 Å². The molecule has 0 aliphatic rings. The zero-order valence-electron chi connectivity index (χ0n) is 40.9. The van der Waals surface area contributed by atoms with Crippen molar-refractivity contribution in [2.24, 2.45) is 0 Å². The standard InChI is InChI=1S/C57H97NO5/c1-4-7-10-13-16-19-22-25-27-28-29-32-35-38-41-44-47-50-57(62)63-53(48-45-42-39-36-33-31-26-23-20-17-14-11-8-5-2)51-56(61)58-54(52-59)55(60)49-46-43-40-37-34-30-24-21-18-15-12-9-6-3/h8,11,16-17,19-20,25-27,29,31-32,36,39,45,48,53-55,59-60H,4-7,9-10,12-15,18,21-24,28,30,33-35,37-38,40-44,46-47,49-52H2,1-3H3,(H,58,61)/b11-8+,19-16-,20-17+,27-25-,31-26+,32-29-,39-36+,48-45+. The topological polar surface area (TPSA) is 95.9 Å². The van der Waals surface area contributed by atoms with E-state index in [9.17, 15) is 19.8 Å². The zero-order chi connectivity index (χ0) is 45.9. The zero-order valence-corrected chi connectivity index (χ0v) is 40.9. The highest BCUT2D eigenvalue weighted by atomic mass is 16.5. The van der Waals surface area contributed by atoms with Gasteiger partial charge in [-0.05, 0) is 89.5 Å². The van der Waals surface area contributed by atoms with Gasteiger partial charge in [-0.2, -0.15) is 0 Å². The van der Waals surface area contributed by atoms with Crippen molar-refractivity contribution in [1.29, 1.82) is 0 Å². The molecule has 0 heterocycles. The third-order valence-corrected chi connectivity index (χ3v) is 11.1. The number of amides is 1. The van der Waals surface area contributed by atoms with Gasteiger partial charge in [0.05, 0.1) is 25.2 Å². The molecule has 3 N–H and O–H groups in total. The number of hydrogen-bond acceptors (Lipinski definition) is 5. The fourth-order valence-electron chi connectivity index (χ4n) is 7.22. The lowest BCUT2D eigenvalue weighted by atomic mass is 10.0.